The van der Waals surface area contributed by atoms with Crippen LogP contribution in [-0.4, -0.2) is 25.1 Å². The van der Waals surface area contributed by atoms with Crippen LogP contribution < -0.4 is 0 Å². The van der Waals surface area contributed by atoms with Crippen molar-refractivity contribution in [3.05, 3.63) is 58.7 Å². The van der Waals surface area contributed by atoms with Crippen LogP contribution >= 0.6 is 11.6 Å². The summed E-state index contributed by atoms with van der Waals surface area (Å²) in [7, 11) is 0. The lowest BCUT2D eigenvalue weighted by atomic mass is 10.1. The molecule has 0 radical (unpaired) electrons. The first-order valence-corrected chi connectivity index (χ1v) is 8.62. The monoisotopic (exact) mass is 371 g/mol. The minimum Gasteiger partial charge on any atom is -0.339 e. The normalized spacial score (nSPS) is 11.3. The van der Waals surface area contributed by atoms with Crippen molar-refractivity contribution in [2.75, 3.05) is 0 Å². The number of fused-ring (bicyclic) bond motifs is 1. The summed E-state index contributed by atoms with van der Waals surface area (Å²) in [6.07, 6.45) is 1.11. The van der Waals surface area contributed by atoms with Crippen LogP contribution in [0.25, 0.3) is 22.4 Å². The molecule has 0 N–H and O–H groups in total. The largest absolute Gasteiger partial charge is 0.339 e. The topological polar surface area (TPSA) is 69.6 Å². The molecule has 0 saturated heterocycles. The van der Waals surface area contributed by atoms with Crippen molar-refractivity contribution < 1.29 is 8.91 Å². The van der Waals surface area contributed by atoms with Gasteiger partial charge in [0, 0.05) is 22.7 Å². The van der Waals surface area contributed by atoms with Gasteiger partial charge in [-0.05, 0) is 36.8 Å². The molecule has 0 amide bonds. The Labute approximate surface area is 153 Å². The van der Waals surface area contributed by atoms with Crippen LogP contribution in [0.4, 0.5) is 4.39 Å². The van der Waals surface area contributed by atoms with Gasteiger partial charge in [0.05, 0.1) is 11.9 Å². The zero-order chi connectivity index (χ0) is 18.1. The summed E-state index contributed by atoms with van der Waals surface area (Å²) in [6.45, 7) is 2.90. The molecule has 4 rings (SSSR count). The zero-order valence-electron chi connectivity index (χ0n) is 14.0. The number of aromatic nitrogens is 5. The number of hydrogen-bond donors (Lipinski definition) is 0. The Morgan fingerprint density at radius 2 is 2.12 bits per heavy atom. The second-order valence-electron chi connectivity index (χ2n) is 5.90. The molecule has 2 aromatic heterocycles. The number of benzene rings is 2. The Hall–Kier alpha value is -2.80. The Morgan fingerprint density at radius 3 is 2.92 bits per heavy atom. The highest BCUT2D eigenvalue weighted by Crippen LogP contribution is 2.24. The fraction of sp³-hybridized carbons (Fsp3) is 0.222. The van der Waals surface area contributed by atoms with Gasteiger partial charge in [0.25, 0.3) is 0 Å². The van der Waals surface area contributed by atoms with Gasteiger partial charge >= 0.3 is 0 Å². The highest BCUT2D eigenvalue weighted by atomic mass is 35.5. The Kier molecular flexibility index (Phi) is 4.38. The molecule has 6 nitrogen and oxygen atoms in total. The molecule has 0 atom stereocenters. The third-order valence-electron chi connectivity index (χ3n) is 4.07. The summed E-state index contributed by atoms with van der Waals surface area (Å²) in [6, 6.07) is 10.2. The summed E-state index contributed by atoms with van der Waals surface area (Å²) >= 11 is 6.05. The standard InChI is InChI=1S/C18H15ClFN5O/c1-2-8-25-16-7-6-11(9-15(16)22-24-25)18-21-17(26-23-18)10-12-13(19)4-3-5-14(12)20/h3-7,9H,2,8,10H2,1H3. The second-order valence-corrected chi connectivity index (χ2v) is 6.31. The first-order valence-electron chi connectivity index (χ1n) is 8.25. The van der Waals surface area contributed by atoms with Gasteiger partial charge in [-0.2, -0.15) is 4.98 Å². The Morgan fingerprint density at radius 1 is 1.23 bits per heavy atom. The third-order valence-corrected chi connectivity index (χ3v) is 4.42. The molecule has 0 unspecified atom stereocenters. The molecular weight excluding hydrogens is 357 g/mol. The second kappa shape index (κ2) is 6.84. The number of halogens is 2. The quantitative estimate of drug-likeness (QED) is 0.524. The lowest BCUT2D eigenvalue weighted by Crippen LogP contribution is -1.98. The molecule has 4 aromatic rings. The molecule has 0 fully saturated rings. The molecule has 0 spiro atoms. The van der Waals surface area contributed by atoms with Crippen molar-refractivity contribution in [3.63, 3.8) is 0 Å². The molecule has 2 heterocycles. The summed E-state index contributed by atoms with van der Waals surface area (Å²) in [4.78, 5) is 4.35. The molecule has 26 heavy (non-hydrogen) atoms. The molecule has 0 aliphatic carbocycles. The van der Waals surface area contributed by atoms with Crippen molar-refractivity contribution in [3.8, 4) is 11.4 Å². The average Bonchev–Trinajstić information content (AvgIpc) is 3.26. The summed E-state index contributed by atoms with van der Waals surface area (Å²) in [5.41, 5.74) is 2.81. The van der Waals surface area contributed by atoms with Gasteiger partial charge in [0.2, 0.25) is 11.7 Å². The predicted octanol–water partition coefficient (Wildman–Crippen LogP) is 4.27. The zero-order valence-corrected chi connectivity index (χ0v) is 14.7. The summed E-state index contributed by atoms with van der Waals surface area (Å²) in [5.74, 6) is 0.312. The van der Waals surface area contributed by atoms with E-state index >= 15 is 0 Å². The highest BCUT2D eigenvalue weighted by molar-refractivity contribution is 6.31. The molecule has 2 aromatic carbocycles. The maximum absolute atomic E-state index is 13.9. The van der Waals surface area contributed by atoms with Crippen LogP contribution in [0.15, 0.2) is 40.9 Å². The van der Waals surface area contributed by atoms with Gasteiger partial charge in [-0.15, -0.1) is 5.10 Å². The lowest BCUT2D eigenvalue weighted by Gasteiger charge is -2.01. The van der Waals surface area contributed by atoms with Gasteiger partial charge in [-0.3, -0.25) is 0 Å². The molecule has 0 saturated carbocycles. The van der Waals surface area contributed by atoms with E-state index in [9.17, 15) is 4.39 Å². The van der Waals surface area contributed by atoms with E-state index in [1.54, 1.807) is 12.1 Å². The first kappa shape index (κ1) is 16.7. The summed E-state index contributed by atoms with van der Waals surface area (Å²) in [5, 5.41) is 12.6. The van der Waals surface area contributed by atoms with Gasteiger partial charge in [0.1, 0.15) is 11.3 Å². The van der Waals surface area contributed by atoms with Crippen molar-refractivity contribution >= 4 is 22.6 Å². The molecular formula is C18H15ClFN5O. The van der Waals surface area contributed by atoms with Crippen molar-refractivity contribution in [1.29, 1.82) is 0 Å². The van der Waals surface area contributed by atoms with Crippen LogP contribution in [0.1, 0.15) is 24.8 Å². The van der Waals surface area contributed by atoms with Crippen molar-refractivity contribution in [1.82, 2.24) is 25.1 Å². The van der Waals surface area contributed by atoms with E-state index in [4.69, 9.17) is 16.1 Å². The number of aryl methyl sites for hydroxylation is 1. The van der Waals surface area contributed by atoms with E-state index in [2.05, 4.69) is 27.4 Å². The van der Waals surface area contributed by atoms with Gasteiger partial charge in [0.15, 0.2) is 0 Å². The molecule has 8 heteroatoms. The SMILES string of the molecule is CCCn1nnc2cc(-c3noc(Cc4c(F)cccc4Cl)n3)ccc21. The van der Waals surface area contributed by atoms with E-state index in [1.165, 1.54) is 6.07 Å². The van der Waals surface area contributed by atoms with Crippen LogP contribution in [0, 0.1) is 5.82 Å². The van der Waals surface area contributed by atoms with Gasteiger partial charge in [-0.25, -0.2) is 9.07 Å². The fourth-order valence-corrected chi connectivity index (χ4v) is 3.01. The highest BCUT2D eigenvalue weighted by Gasteiger charge is 2.15. The number of rotatable bonds is 5. The minimum atomic E-state index is -0.397. The van der Waals surface area contributed by atoms with E-state index in [0.29, 0.717) is 22.3 Å². The molecule has 0 aliphatic heterocycles. The van der Waals surface area contributed by atoms with Crippen molar-refractivity contribution in [2.24, 2.45) is 0 Å². The number of nitrogens with zero attached hydrogens (tertiary/aromatic N) is 5. The van der Waals surface area contributed by atoms with E-state index in [1.807, 2.05) is 22.9 Å². The van der Waals surface area contributed by atoms with E-state index in [0.717, 1.165) is 29.6 Å². The maximum atomic E-state index is 13.9. The van der Waals surface area contributed by atoms with E-state index in [-0.39, 0.29) is 6.42 Å². The Bertz CT molecular complexity index is 1050. The predicted molar refractivity (Wildman–Crippen MR) is 95.3 cm³/mol. The van der Waals surface area contributed by atoms with Crippen LogP contribution in [0.2, 0.25) is 5.02 Å². The maximum Gasteiger partial charge on any atom is 0.231 e. The van der Waals surface area contributed by atoms with Crippen molar-refractivity contribution in [2.45, 2.75) is 26.3 Å². The average molecular weight is 372 g/mol. The van der Waals surface area contributed by atoms with Crippen LogP contribution in [0.5, 0.6) is 0 Å². The number of hydrogen-bond acceptors (Lipinski definition) is 5. The van der Waals surface area contributed by atoms with E-state index < -0.39 is 5.82 Å². The lowest BCUT2D eigenvalue weighted by molar-refractivity contribution is 0.384. The van der Waals surface area contributed by atoms with Gasteiger partial charge < -0.3 is 4.52 Å². The Balaban J connectivity index is 1.62. The molecule has 132 valence electrons. The van der Waals surface area contributed by atoms with Crippen LogP contribution in [-0.2, 0) is 13.0 Å². The van der Waals surface area contributed by atoms with Gasteiger partial charge in [-0.1, -0.05) is 35.0 Å². The first-order chi connectivity index (χ1) is 12.7. The fourth-order valence-electron chi connectivity index (χ4n) is 2.78. The molecule has 0 aliphatic rings. The minimum absolute atomic E-state index is 0.132. The smallest absolute Gasteiger partial charge is 0.231 e. The van der Waals surface area contributed by atoms with Crippen LogP contribution in [0.3, 0.4) is 0 Å². The molecule has 0 bridgehead atoms. The summed E-state index contributed by atoms with van der Waals surface area (Å²) < 4.78 is 21.0. The third kappa shape index (κ3) is 3.06.